The Morgan fingerprint density at radius 1 is 1.15 bits per heavy atom. The maximum atomic E-state index is 12.2. The molecule has 3 rings (SSSR count). The molecule has 180 valence electrons. The number of hydrogen-bond acceptors (Lipinski definition) is 4. The van der Waals surface area contributed by atoms with E-state index in [0.29, 0.717) is 32.2 Å². The normalized spacial score (nSPS) is 15.5. The van der Waals surface area contributed by atoms with E-state index >= 15 is 0 Å². The summed E-state index contributed by atoms with van der Waals surface area (Å²) in [6.45, 7) is 7.34. The summed E-state index contributed by atoms with van der Waals surface area (Å²) in [4.78, 5) is 16.9. The van der Waals surface area contributed by atoms with Crippen LogP contribution in [0.5, 0.6) is 5.75 Å². The van der Waals surface area contributed by atoms with Gasteiger partial charge in [0.05, 0.1) is 26.3 Å². The summed E-state index contributed by atoms with van der Waals surface area (Å²) in [7, 11) is 0. The van der Waals surface area contributed by atoms with Crippen molar-refractivity contribution in [2.24, 2.45) is 4.99 Å². The van der Waals surface area contributed by atoms with Crippen LogP contribution in [0.25, 0.3) is 0 Å². The summed E-state index contributed by atoms with van der Waals surface area (Å²) in [5.74, 6) is 1.38. The Balaban J connectivity index is 0.00000385. The Labute approximate surface area is 213 Å². The van der Waals surface area contributed by atoms with Crippen LogP contribution in [0.4, 0.5) is 0 Å². The molecule has 0 aromatic heterocycles. The average molecular weight is 566 g/mol. The molecule has 0 spiro atoms. The summed E-state index contributed by atoms with van der Waals surface area (Å²) >= 11 is 0. The van der Waals surface area contributed by atoms with Gasteiger partial charge < -0.3 is 25.4 Å². The molecule has 1 saturated heterocycles. The molecule has 1 unspecified atom stereocenters. The number of nitrogens with one attached hydrogen (secondary N) is 3. The van der Waals surface area contributed by atoms with Crippen molar-refractivity contribution < 1.29 is 14.3 Å². The van der Waals surface area contributed by atoms with E-state index in [9.17, 15) is 4.79 Å². The van der Waals surface area contributed by atoms with E-state index in [-0.39, 0.29) is 42.5 Å². The number of amides is 1. The van der Waals surface area contributed by atoms with E-state index in [1.54, 1.807) is 0 Å². The highest BCUT2D eigenvalue weighted by Crippen LogP contribution is 2.24. The highest BCUT2D eigenvalue weighted by atomic mass is 127. The second kappa shape index (κ2) is 14.7. The van der Waals surface area contributed by atoms with Crippen molar-refractivity contribution in [3.05, 3.63) is 65.2 Å². The van der Waals surface area contributed by atoms with E-state index < -0.39 is 0 Å². The number of hydrogen-bond donors (Lipinski definition) is 3. The number of rotatable bonds is 10. The van der Waals surface area contributed by atoms with Crippen LogP contribution in [0, 0.1) is 6.92 Å². The molecule has 7 nitrogen and oxygen atoms in total. The van der Waals surface area contributed by atoms with Crippen LogP contribution >= 0.6 is 24.0 Å². The van der Waals surface area contributed by atoms with Gasteiger partial charge in [-0.25, -0.2) is 4.99 Å². The van der Waals surface area contributed by atoms with Crippen LogP contribution in [0.3, 0.4) is 0 Å². The van der Waals surface area contributed by atoms with Gasteiger partial charge >= 0.3 is 0 Å². The first-order valence-corrected chi connectivity index (χ1v) is 11.3. The molecule has 33 heavy (non-hydrogen) atoms. The van der Waals surface area contributed by atoms with Gasteiger partial charge in [0.25, 0.3) is 0 Å². The summed E-state index contributed by atoms with van der Waals surface area (Å²) in [6, 6.07) is 16.3. The highest BCUT2D eigenvalue weighted by Gasteiger charge is 2.18. The minimum absolute atomic E-state index is 0. The Hall–Kier alpha value is -2.33. The number of carbonyl (C=O) groups is 1. The lowest BCUT2D eigenvalue weighted by molar-refractivity contribution is -0.119. The number of benzene rings is 2. The van der Waals surface area contributed by atoms with Crippen LogP contribution < -0.4 is 20.7 Å². The first kappa shape index (κ1) is 26.9. The topological polar surface area (TPSA) is 84.0 Å². The summed E-state index contributed by atoms with van der Waals surface area (Å²) < 4.78 is 11.6. The molecule has 1 aliphatic heterocycles. The Morgan fingerprint density at radius 2 is 1.97 bits per heavy atom. The number of ether oxygens (including phenoxy) is 2. The minimum Gasteiger partial charge on any atom is -0.488 e. The van der Waals surface area contributed by atoms with E-state index in [4.69, 9.17) is 9.47 Å². The third-order valence-electron chi connectivity index (χ3n) is 5.15. The van der Waals surface area contributed by atoms with Gasteiger partial charge in [0.15, 0.2) is 5.96 Å². The molecule has 1 fully saturated rings. The average Bonchev–Trinajstić information content (AvgIpc) is 3.30. The molecule has 3 N–H and O–H groups in total. The number of nitrogens with zero attached hydrogens (tertiary/aromatic N) is 1. The fraction of sp³-hybridized carbons (Fsp3) is 0.440. The van der Waals surface area contributed by atoms with Crippen molar-refractivity contribution in [1.82, 2.24) is 16.0 Å². The lowest BCUT2D eigenvalue weighted by Crippen LogP contribution is -2.43. The molecule has 0 aliphatic carbocycles. The standard InChI is InChI=1S/C25H34N4O3.HI/c1-3-26-25(29-17-24(30)27-13-11-20-7-5-4-6-8-20)28-16-21-10-9-19(2)15-23(21)32-22-12-14-31-18-22;/h4-10,15,22H,3,11-14,16-18H2,1-2H3,(H,27,30)(H2,26,28,29);1H. The SMILES string of the molecule is CCNC(=NCc1ccc(C)cc1OC1CCOC1)NCC(=O)NCCc1ccccc1.I. The number of aliphatic imine (C=N–C) groups is 1. The molecule has 1 heterocycles. The maximum absolute atomic E-state index is 12.2. The fourth-order valence-electron chi connectivity index (χ4n) is 3.41. The smallest absolute Gasteiger partial charge is 0.239 e. The van der Waals surface area contributed by atoms with Crippen molar-refractivity contribution in [2.45, 2.75) is 39.3 Å². The first-order valence-electron chi connectivity index (χ1n) is 11.3. The van der Waals surface area contributed by atoms with Crippen molar-refractivity contribution in [1.29, 1.82) is 0 Å². The predicted octanol–water partition coefficient (Wildman–Crippen LogP) is 3.19. The maximum Gasteiger partial charge on any atom is 0.239 e. The van der Waals surface area contributed by atoms with E-state index in [1.807, 2.05) is 44.2 Å². The third kappa shape index (κ3) is 9.59. The van der Waals surface area contributed by atoms with Crippen molar-refractivity contribution in [3.8, 4) is 5.75 Å². The van der Waals surface area contributed by atoms with E-state index in [0.717, 1.165) is 36.3 Å². The van der Waals surface area contributed by atoms with Crippen LogP contribution in [0.15, 0.2) is 53.5 Å². The Kier molecular flexibility index (Phi) is 12.0. The molecule has 0 radical (unpaired) electrons. The quantitative estimate of drug-likeness (QED) is 0.234. The van der Waals surface area contributed by atoms with Gasteiger partial charge in [0.2, 0.25) is 5.91 Å². The number of halogens is 1. The van der Waals surface area contributed by atoms with E-state index in [1.165, 1.54) is 5.56 Å². The monoisotopic (exact) mass is 566 g/mol. The summed E-state index contributed by atoms with van der Waals surface area (Å²) in [5.41, 5.74) is 3.35. The van der Waals surface area contributed by atoms with Crippen LogP contribution in [0.1, 0.15) is 30.0 Å². The molecule has 1 atom stereocenters. The van der Waals surface area contributed by atoms with Crippen molar-refractivity contribution in [2.75, 3.05) is 32.8 Å². The molecule has 2 aromatic rings. The molecule has 1 amide bonds. The molecule has 2 aromatic carbocycles. The Morgan fingerprint density at radius 3 is 2.70 bits per heavy atom. The van der Waals surface area contributed by atoms with Crippen molar-refractivity contribution in [3.63, 3.8) is 0 Å². The minimum atomic E-state index is -0.0628. The molecule has 8 heteroatoms. The molecule has 1 aliphatic rings. The molecule has 0 saturated carbocycles. The zero-order chi connectivity index (χ0) is 22.6. The van der Waals surface area contributed by atoms with Gasteiger partial charge in [-0.15, -0.1) is 24.0 Å². The molecule has 0 bridgehead atoms. The van der Waals surface area contributed by atoms with Gasteiger partial charge in [-0.1, -0.05) is 42.5 Å². The summed E-state index contributed by atoms with van der Waals surface area (Å²) in [5, 5.41) is 9.24. The van der Waals surface area contributed by atoms with Crippen LogP contribution in [0.2, 0.25) is 0 Å². The predicted molar refractivity (Wildman–Crippen MR) is 142 cm³/mol. The lowest BCUT2D eigenvalue weighted by atomic mass is 10.1. The Bertz CT molecular complexity index is 886. The highest BCUT2D eigenvalue weighted by molar-refractivity contribution is 14.0. The zero-order valence-corrected chi connectivity index (χ0v) is 21.8. The van der Waals surface area contributed by atoms with Crippen molar-refractivity contribution >= 4 is 35.8 Å². The lowest BCUT2D eigenvalue weighted by Gasteiger charge is -2.16. The van der Waals surface area contributed by atoms with Gasteiger partial charge in [0.1, 0.15) is 11.9 Å². The molecular formula is C25H35IN4O3. The van der Waals surface area contributed by atoms with Gasteiger partial charge in [0, 0.05) is 25.1 Å². The second-order valence-electron chi connectivity index (χ2n) is 7.85. The van der Waals surface area contributed by atoms with Gasteiger partial charge in [-0.05, 0) is 37.5 Å². The van der Waals surface area contributed by atoms with Crippen LogP contribution in [-0.4, -0.2) is 50.8 Å². The third-order valence-corrected chi connectivity index (χ3v) is 5.15. The number of guanidine groups is 1. The largest absolute Gasteiger partial charge is 0.488 e. The van der Waals surface area contributed by atoms with Crippen LogP contribution in [-0.2, 0) is 22.5 Å². The first-order chi connectivity index (χ1) is 15.6. The second-order valence-corrected chi connectivity index (χ2v) is 7.85. The number of aryl methyl sites for hydroxylation is 1. The molecular weight excluding hydrogens is 531 g/mol. The van der Waals surface area contributed by atoms with Gasteiger partial charge in [-0.2, -0.15) is 0 Å². The van der Waals surface area contributed by atoms with Gasteiger partial charge in [-0.3, -0.25) is 4.79 Å². The fourth-order valence-corrected chi connectivity index (χ4v) is 3.41. The summed E-state index contributed by atoms with van der Waals surface area (Å²) in [6.07, 6.45) is 1.80. The zero-order valence-electron chi connectivity index (χ0n) is 19.4. The number of carbonyl (C=O) groups excluding carboxylic acids is 1. The van der Waals surface area contributed by atoms with E-state index in [2.05, 4.69) is 39.1 Å².